The fourth-order valence-electron chi connectivity index (χ4n) is 1.24. The molecule has 0 aliphatic carbocycles. The molecule has 0 radical (unpaired) electrons. The number of hydrogen-bond acceptors (Lipinski definition) is 10. The molecule has 0 saturated carbocycles. The Bertz CT molecular complexity index is 611. The molecular weight excluding hydrogens is 300 g/mol. The summed E-state index contributed by atoms with van der Waals surface area (Å²) >= 11 is 0.973. The number of carbonyl (C=O) groups excluding carboxylic acids is 1. The predicted octanol–water partition coefficient (Wildman–Crippen LogP) is 1.20. The van der Waals surface area contributed by atoms with E-state index in [1.54, 1.807) is 6.92 Å². The predicted molar refractivity (Wildman–Crippen MR) is 69.5 cm³/mol. The summed E-state index contributed by atoms with van der Waals surface area (Å²) in [6.07, 6.45) is 0. The van der Waals surface area contributed by atoms with Crippen LogP contribution in [0.4, 0.5) is 0 Å². The van der Waals surface area contributed by atoms with Crippen LogP contribution in [0.15, 0.2) is 20.9 Å². The number of aromatic nitrogens is 4. The summed E-state index contributed by atoms with van der Waals surface area (Å²) in [5, 5.41) is 7.68. The summed E-state index contributed by atoms with van der Waals surface area (Å²) in [6.45, 7) is 1.90. The molecule has 2 rings (SSSR count). The molecule has 0 unspecified atom stereocenters. The van der Waals surface area contributed by atoms with E-state index in [-0.39, 0.29) is 22.9 Å². The maximum absolute atomic E-state index is 11.4. The molecule has 0 aliphatic rings. The molecule has 112 valence electrons. The van der Waals surface area contributed by atoms with Crippen molar-refractivity contribution in [2.24, 2.45) is 0 Å². The molecular formula is C11H12N4O5S. The van der Waals surface area contributed by atoms with E-state index in [2.05, 4.69) is 20.2 Å². The lowest BCUT2D eigenvalue weighted by molar-refractivity contribution is 0.0475. The first-order chi connectivity index (χ1) is 10.2. The van der Waals surface area contributed by atoms with E-state index in [9.17, 15) is 4.79 Å². The molecule has 2 heterocycles. The first-order valence-electron chi connectivity index (χ1n) is 5.81. The smallest absolute Gasteiger partial charge is 0.396 e. The Morgan fingerprint density at radius 3 is 2.48 bits per heavy atom. The molecule has 9 nitrogen and oxygen atoms in total. The van der Waals surface area contributed by atoms with Crippen molar-refractivity contribution in [1.29, 1.82) is 0 Å². The monoisotopic (exact) mass is 312 g/mol. The number of hydrogen-bond donors (Lipinski definition) is 0. The molecule has 0 bridgehead atoms. The Hall–Kier alpha value is -2.36. The van der Waals surface area contributed by atoms with Crippen LogP contribution in [0.3, 0.4) is 0 Å². The van der Waals surface area contributed by atoms with Gasteiger partial charge < -0.3 is 18.6 Å². The van der Waals surface area contributed by atoms with Gasteiger partial charge in [0, 0.05) is 11.8 Å². The third-order valence-electron chi connectivity index (χ3n) is 2.11. The fourth-order valence-corrected chi connectivity index (χ4v) is 1.87. The van der Waals surface area contributed by atoms with Gasteiger partial charge >= 0.3 is 11.9 Å². The molecule has 0 N–H and O–H groups in total. The second-order valence-corrected chi connectivity index (χ2v) is 4.35. The lowest BCUT2D eigenvalue weighted by atomic mass is 10.6. The maximum Gasteiger partial charge on any atom is 0.396 e. The van der Waals surface area contributed by atoms with Gasteiger partial charge in [-0.15, -0.1) is 5.10 Å². The second-order valence-electron chi connectivity index (χ2n) is 3.43. The third-order valence-corrected chi connectivity index (χ3v) is 2.82. The van der Waals surface area contributed by atoms with Gasteiger partial charge in [-0.2, -0.15) is 9.97 Å². The molecule has 0 aromatic carbocycles. The van der Waals surface area contributed by atoms with Crippen LogP contribution in [0.5, 0.6) is 11.8 Å². The number of carbonyl (C=O) groups is 1. The average molecular weight is 312 g/mol. The summed E-state index contributed by atoms with van der Waals surface area (Å²) in [7, 11) is 2.95. The molecule has 0 spiro atoms. The van der Waals surface area contributed by atoms with Crippen LogP contribution < -0.4 is 9.47 Å². The fraction of sp³-hybridized carbons (Fsp3) is 0.364. The molecule has 21 heavy (non-hydrogen) atoms. The third kappa shape index (κ3) is 3.81. The van der Waals surface area contributed by atoms with Crippen LogP contribution >= 0.6 is 11.8 Å². The quantitative estimate of drug-likeness (QED) is 0.570. The molecule has 2 aromatic rings. The lowest BCUT2D eigenvalue weighted by Gasteiger charge is -2.03. The van der Waals surface area contributed by atoms with Gasteiger partial charge in [0.05, 0.1) is 26.9 Å². The van der Waals surface area contributed by atoms with E-state index in [0.29, 0.717) is 11.8 Å². The summed E-state index contributed by atoms with van der Waals surface area (Å²) in [4.78, 5) is 19.6. The van der Waals surface area contributed by atoms with Crippen LogP contribution in [-0.2, 0) is 4.74 Å². The van der Waals surface area contributed by atoms with Gasteiger partial charge in [0.1, 0.15) is 0 Å². The first-order valence-corrected chi connectivity index (χ1v) is 6.63. The van der Waals surface area contributed by atoms with Gasteiger partial charge in [-0.25, -0.2) is 4.79 Å². The van der Waals surface area contributed by atoms with Crippen molar-refractivity contribution in [3.05, 3.63) is 12.0 Å². The molecule has 10 heteroatoms. The average Bonchev–Trinajstić information content (AvgIpc) is 2.95. The minimum Gasteiger partial charge on any atom is -0.481 e. The Kier molecular flexibility index (Phi) is 4.93. The number of nitrogens with zero attached hydrogens (tertiary/aromatic N) is 4. The van der Waals surface area contributed by atoms with Gasteiger partial charge in [-0.05, 0) is 6.92 Å². The van der Waals surface area contributed by atoms with Crippen LogP contribution in [0.1, 0.15) is 17.6 Å². The Labute approximate surface area is 124 Å². The number of methoxy groups -OCH3 is 2. The van der Waals surface area contributed by atoms with E-state index < -0.39 is 5.97 Å². The standard InChI is InChI=1S/C11H12N4O5S/c1-4-19-9(16)8-14-15-11(20-8)21-10-12-6(17-2)5-7(13-10)18-3/h5H,4H2,1-3H3. The Balaban J connectivity index is 2.16. The van der Waals surface area contributed by atoms with Gasteiger partial charge in [0.15, 0.2) is 0 Å². The molecule has 0 aliphatic heterocycles. The van der Waals surface area contributed by atoms with Crippen LogP contribution in [-0.4, -0.2) is 47.0 Å². The lowest BCUT2D eigenvalue weighted by Crippen LogP contribution is -2.04. The van der Waals surface area contributed by atoms with Crippen molar-refractivity contribution in [2.45, 2.75) is 17.3 Å². The highest BCUT2D eigenvalue weighted by molar-refractivity contribution is 7.98. The molecule has 0 saturated heterocycles. The van der Waals surface area contributed by atoms with Gasteiger partial charge in [0.2, 0.25) is 16.9 Å². The van der Waals surface area contributed by atoms with E-state index in [4.69, 9.17) is 18.6 Å². The zero-order chi connectivity index (χ0) is 15.2. The van der Waals surface area contributed by atoms with Crippen molar-refractivity contribution in [3.8, 4) is 11.8 Å². The SMILES string of the molecule is CCOC(=O)c1nnc(Sc2nc(OC)cc(OC)n2)o1. The highest BCUT2D eigenvalue weighted by atomic mass is 32.2. The summed E-state index contributed by atoms with van der Waals surface area (Å²) in [5.74, 6) is -0.251. The minimum absolute atomic E-state index is 0.105. The number of esters is 1. The second kappa shape index (κ2) is 6.88. The first kappa shape index (κ1) is 15.0. The topological polar surface area (TPSA) is 109 Å². The van der Waals surface area contributed by atoms with Gasteiger partial charge in [0.25, 0.3) is 5.22 Å². The number of ether oxygens (including phenoxy) is 3. The maximum atomic E-state index is 11.4. The van der Waals surface area contributed by atoms with E-state index >= 15 is 0 Å². The van der Waals surface area contributed by atoms with Crippen molar-refractivity contribution >= 4 is 17.7 Å². The number of rotatable bonds is 6. The van der Waals surface area contributed by atoms with Crippen LogP contribution in [0.2, 0.25) is 0 Å². The van der Waals surface area contributed by atoms with Crippen LogP contribution in [0, 0.1) is 0 Å². The highest BCUT2D eigenvalue weighted by Gasteiger charge is 2.18. The van der Waals surface area contributed by atoms with Crippen LogP contribution in [0.25, 0.3) is 0 Å². The molecule has 0 amide bonds. The zero-order valence-electron chi connectivity index (χ0n) is 11.5. The normalized spacial score (nSPS) is 10.2. The minimum atomic E-state index is -0.680. The van der Waals surface area contributed by atoms with Gasteiger partial charge in [-0.3, -0.25) is 0 Å². The summed E-state index contributed by atoms with van der Waals surface area (Å²) < 4.78 is 20.0. The van der Waals surface area contributed by atoms with E-state index in [0.717, 1.165) is 11.8 Å². The van der Waals surface area contributed by atoms with Crippen molar-refractivity contribution in [3.63, 3.8) is 0 Å². The molecule has 0 fully saturated rings. The van der Waals surface area contributed by atoms with Crippen molar-refractivity contribution < 1.29 is 23.4 Å². The van der Waals surface area contributed by atoms with Crippen molar-refractivity contribution in [2.75, 3.05) is 20.8 Å². The van der Waals surface area contributed by atoms with E-state index in [1.165, 1.54) is 20.3 Å². The summed E-state index contributed by atoms with van der Waals surface area (Å²) in [5.41, 5.74) is 0. The Morgan fingerprint density at radius 1 is 1.24 bits per heavy atom. The Morgan fingerprint density at radius 2 is 1.90 bits per heavy atom. The van der Waals surface area contributed by atoms with E-state index in [1.807, 2.05) is 0 Å². The highest BCUT2D eigenvalue weighted by Crippen LogP contribution is 2.27. The summed E-state index contributed by atoms with van der Waals surface area (Å²) in [6, 6.07) is 1.53. The van der Waals surface area contributed by atoms with Gasteiger partial charge in [-0.1, -0.05) is 5.10 Å². The zero-order valence-corrected chi connectivity index (χ0v) is 12.3. The largest absolute Gasteiger partial charge is 0.481 e. The molecule has 0 atom stereocenters. The molecule has 2 aromatic heterocycles. The van der Waals surface area contributed by atoms with Crippen molar-refractivity contribution in [1.82, 2.24) is 20.2 Å².